The van der Waals surface area contributed by atoms with Crippen molar-refractivity contribution in [1.29, 1.82) is 0 Å². The number of halogens is 1. The van der Waals surface area contributed by atoms with Gasteiger partial charge in [0.1, 0.15) is 12.4 Å². The van der Waals surface area contributed by atoms with Gasteiger partial charge in [0.25, 0.3) is 0 Å². The summed E-state index contributed by atoms with van der Waals surface area (Å²) in [7, 11) is 0. The zero-order valence-corrected chi connectivity index (χ0v) is 9.63. The predicted molar refractivity (Wildman–Crippen MR) is 63.5 cm³/mol. The van der Waals surface area contributed by atoms with Gasteiger partial charge in [-0.3, -0.25) is 0 Å². The van der Waals surface area contributed by atoms with E-state index in [1.54, 1.807) is 0 Å². The molecule has 0 saturated carbocycles. The maximum absolute atomic E-state index is 5.75. The van der Waals surface area contributed by atoms with Crippen molar-refractivity contribution in [3.8, 4) is 5.75 Å². The lowest BCUT2D eigenvalue weighted by atomic mass is 10.3. The molecule has 0 bridgehead atoms. The Bertz CT molecular complexity index is 276. The van der Waals surface area contributed by atoms with Crippen LogP contribution in [0.2, 0.25) is 5.02 Å². The number of ether oxygens (including phenoxy) is 1. The SMILES string of the molecule is CC(CN)NCCOc1ccc(Cl)cc1. The van der Waals surface area contributed by atoms with Gasteiger partial charge in [-0.1, -0.05) is 11.6 Å². The van der Waals surface area contributed by atoms with E-state index in [9.17, 15) is 0 Å². The fourth-order valence-electron chi connectivity index (χ4n) is 1.09. The molecule has 15 heavy (non-hydrogen) atoms. The molecule has 1 atom stereocenters. The van der Waals surface area contributed by atoms with Gasteiger partial charge in [0.2, 0.25) is 0 Å². The Morgan fingerprint density at radius 2 is 2.07 bits per heavy atom. The van der Waals surface area contributed by atoms with E-state index >= 15 is 0 Å². The van der Waals surface area contributed by atoms with Crippen molar-refractivity contribution in [2.45, 2.75) is 13.0 Å². The van der Waals surface area contributed by atoms with Crippen LogP contribution < -0.4 is 15.8 Å². The fourth-order valence-corrected chi connectivity index (χ4v) is 1.21. The monoisotopic (exact) mass is 228 g/mol. The summed E-state index contributed by atoms with van der Waals surface area (Å²) in [4.78, 5) is 0. The molecule has 3 nitrogen and oxygen atoms in total. The molecule has 0 saturated heterocycles. The molecule has 0 amide bonds. The molecule has 3 N–H and O–H groups in total. The quantitative estimate of drug-likeness (QED) is 0.728. The van der Waals surface area contributed by atoms with Crippen LogP contribution in [0.15, 0.2) is 24.3 Å². The first-order valence-corrected chi connectivity index (χ1v) is 5.42. The van der Waals surface area contributed by atoms with Crippen LogP contribution in [-0.2, 0) is 0 Å². The zero-order valence-electron chi connectivity index (χ0n) is 8.87. The molecule has 0 aliphatic carbocycles. The van der Waals surface area contributed by atoms with Crippen molar-refractivity contribution in [2.24, 2.45) is 5.73 Å². The van der Waals surface area contributed by atoms with Gasteiger partial charge in [-0.05, 0) is 31.2 Å². The number of nitrogens with two attached hydrogens (primary N) is 1. The smallest absolute Gasteiger partial charge is 0.119 e. The largest absolute Gasteiger partial charge is 0.492 e. The molecule has 0 aliphatic rings. The standard InChI is InChI=1S/C11H17ClN2O/c1-9(8-13)14-6-7-15-11-4-2-10(12)3-5-11/h2-5,9,14H,6-8,13H2,1H3. The minimum atomic E-state index is 0.332. The van der Waals surface area contributed by atoms with Crippen LogP contribution in [0.25, 0.3) is 0 Å². The summed E-state index contributed by atoms with van der Waals surface area (Å²) in [6.07, 6.45) is 0. The first-order chi connectivity index (χ1) is 7.22. The highest BCUT2D eigenvalue weighted by Crippen LogP contribution is 2.14. The van der Waals surface area contributed by atoms with Crippen molar-refractivity contribution in [1.82, 2.24) is 5.32 Å². The average molecular weight is 229 g/mol. The van der Waals surface area contributed by atoms with Crippen molar-refractivity contribution in [3.63, 3.8) is 0 Å². The summed E-state index contributed by atoms with van der Waals surface area (Å²) in [5.41, 5.74) is 5.46. The summed E-state index contributed by atoms with van der Waals surface area (Å²) >= 11 is 5.75. The molecule has 1 aromatic rings. The molecule has 0 radical (unpaired) electrons. The van der Waals surface area contributed by atoms with Crippen molar-refractivity contribution >= 4 is 11.6 Å². The highest BCUT2D eigenvalue weighted by Gasteiger charge is 1.97. The summed E-state index contributed by atoms with van der Waals surface area (Å²) in [5, 5.41) is 3.96. The van der Waals surface area contributed by atoms with Gasteiger partial charge in [-0.2, -0.15) is 0 Å². The molecule has 4 heteroatoms. The Hall–Kier alpha value is -0.770. The van der Waals surface area contributed by atoms with E-state index in [1.807, 2.05) is 31.2 Å². The number of hydrogen-bond acceptors (Lipinski definition) is 3. The Kier molecular flexibility index (Phi) is 5.47. The van der Waals surface area contributed by atoms with Gasteiger partial charge in [-0.15, -0.1) is 0 Å². The maximum atomic E-state index is 5.75. The van der Waals surface area contributed by atoms with Gasteiger partial charge in [0.15, 0.2) is 0 Å². The Morgan fingerprint density at radius 3 is 2.67 bits per heavy atom. The van der Waals surface area contributed by atoms with Crippen LogP contribution in [0.4, 0.5) is 0 Å². The summed E-state index contributed by atoms with van der Waals surface area (Å²) in [6, 6.07) is 7.67. The number of benzene rings is 1. The fraction of sp³-hybridized carbons (Fsp3) is 0.455. The summed E-state index contributed by atoms with van der Waals surface area (Å²) in [5.74, 6) is 0.835. The molecule has 1 aromatic carbocycles. The second-order valence-corrected chi connectivity index (χ2v) is 3.83. The average Bonchev–Trinajstić information content (AvgIpc) is 2.26. The molecule has 84 valence electrons. The highest BCUT2D eigenvalue weighted by molar-refractivity contribution is 6.30. The molecule has 1 rings (SSSR count). The molecule has 0 heterocycles. The predicted octanol–water partition coefficient (Wildman–Crippen LogP) is 1.66. The van der Waals surface area contributed by atoms with E-state index in [0.29, 0.717) is 19.2 Å². The van der Waals surface area contributed by atoms with Crippen LogP contribution in [0.3, 0.4) is 0 Å². The normalized spacial score (nSPS) is 12.5. The first-order valence-electron chi connectivity index (χ1n) is 5.04. The van der Waals surface area contributed by atoms with Crippen LogP contribution in [-0.4, -0.2) is 25.7 Å². The number of rotatable bonds is 6. The molecule has 0 aromatic heterocycles. The number of nitrogens with one attached hydrogen (secondary N) is 1. The highest BCUT2D eigenvalue weighted by atomic mass is 35.5. The Morgan fingerprint density at radius 1 is 1.40 bits per heavy atom. The Balaban J connectivity index is 2.17. The van der Waals surface area contributed by atoms with Gasteiger partial charge >= 0.3 is 0 Å². The third-order valence-corrected chi connectivity index (χ3v) is 2.28. The summed E-state index contributed by atoms with van der Waals surface area (Å²) < 4.78 is 5.49. The maximum Gasteiger partial charge on any atom is 0.119 e. The lowest BCUT2D eigenvalue weighted by Crippen LogP contribution is -2.35. The van der Waals surface area contributed by atoms with Crippen LogP contribution in [0.1, 0.15) is 6.92 Å². The van der Waals surface area contributed by atoms with E-state index in [1.165, 1.54) is 0 Å². The van der Waals surface area contributed by atoms with Crippen LogP contribution in [0.5, 0.6) is 5.75 Å². The lowest BCUT2D eigenvalue weighted by molar-refractivity contribution is 0.307. The summed E-state index contributed by atoms with van der Waals surface area (Å²) in [6.45, 7) is 4.11. The van der Waals surface area contributed by atoms with E-state index < -0.39 is 0 Å². The zero-order chi connectivity index (χ0) is 11.1. The van der Waals surface area contributed by atoms with Gasteiger partial charge in [0.05, 0.1) is 0 Å². The second kappa shape index (κ2) is 6.67. The van der Waals surface area contributed by atoms with Crippen LogP contribution >= 0.6 is 11.6 Å². The Labute approximate surface area is 95.6 Å². The minimum Gasteiger partial charge on any atom is -0.492 e. The first kappa shape index (κ1) is 12.3. The van der Waals surface area contributed by atoms with E-state index in [-0.39, 0.29) is 0 Å². The van der Waals surface area contributed by atoms with Crippen LogP contribution in [0, 0.1) is 0 Å². The van der Waals surface area contributed by atoms with E-state index in [0.717, 1.165) is 17.3 Å². The lowest BCUT2D eigenvalue weighted by Gasteiger charge is -2.11. The molecule has 0 fully saturated rings. The minimum absolute atomic E-state index is 0.332. The van der Waals surface area contributed by atoms with Gasteiger partial charge < -0.3 is 15.8 Å². The van der Waals surface area contributed by atoms with E-state index in [2.05, 4.69) is 5.32 Å². The van der Waals surface area contributed by atoms with Gasteiger partial charge in [-0.25, -0.2) is 0 Å². The van der Waals surface area contributed by atoms with Crippen molar-refractivity contribution in [3.05, 3.63) is 29.3 Å². The third-order valence-electron chi connectivity index (χ3n) is 2.03. The number of hydrogen-bond donors (Lipinski definition) is 2. The third kappa shape index (κ3) is 5.02. The molecule has 1 unspecified atom stereocenters. The van der Waals surface area contributed by atoms with Crippen molar-refractivity contribution < 1.29 is 4.74 Å². The second-order valence-electron chi connectivity index (χ2n) is 3.39. The molecular formula is C11H17ClN2O. The van der Waals surface area contributed by atoms with E-state index in [4.69, 9.17) is 22.1 Å². The molecule has 0 aliphatic heterocycles. The molecular weight excluding hydrogens is 212 g/mol. The molecule has 0 spiro atoms. The van der Waals surface area contributed by atoms with Crippen molar-refractivity contribution in [2.75, 3.05) is 19.7 Å². The van der Waals surface area contributed by atoms with Gasteiger partial charge in [0, 0.05) is 24.2 Å². The topological polar surface area (TPSA) is 47.3 Å².